The molecule has 0 aliphatic carbocycles. The van der Waals surface area contributed by atoms with Gasteiger partial charge in [-0.1, -0.05) is 22.8 Å². The van der Waals surface area contributed by atoms with E-state index in [1.54, 1.807) is 18.2 Å². The average Bonchev–Trinajstić information content (AvgIpc) is 2.63. The van der Waals surface area contributed by atoms with Crippen molar-refractivity contribution in [1.82, 2.24) is 5.16 Å². The number of nitrogens with zero attached hydrogens (tertiary/aromatic N) is 1. The molecule has 16 heavy (non-hydrogen) atoms. The number of hydrogen-bond donors (Lipinski definition) is 1. The van der Waals surface area contributed by atoms with Crippen LogP contribution in [0.25, 0.3) is 0 Å². The molecule has 3 nitrogen and oxygen atoms in total. The van der Waals surface area contributed by atoms with E-state index in [4.69, 9.17) is 21.9 Å². The molecule has 0 atom stereocenters. The van der Waals surface area contributed by atoms with E-state index in [9.17, 15) is 4.39 Å². The van der Waals surface area contributed by atoms with Crippen LogP contribution in [0.1, 0.15) is 11.3 Å². The SMILES string of the molecule is Nc1cc(CCc2c(F)cccc2Cl)no1. The molecule has 5 heteroatoms. The second-order valence-electron chi connectivity index (χ2n) is 3.42. The number of rotatable bonds is 3. The van der Waals surface area contributed by atoms with Gasteiger partial charge in [0.05, 0.1) is 5.69 Å². The summed E-state index contributed by atoms with van der Waals surface area (Å²) < 4.78 is 18.1. The Labute approximate surface area is 97.0 Å². The van der Waals surface area contributed by atoms with Crippen molar-refractivity contribution in [3.63, 3.8) is 0 Å². The van der Waals surface area contributed by atoms with E-state index in [0.717, 1.165) is 0 Å². The van der Waals surface area contributed by atoms with Gasteiger partial charge in [0, 0.05) is 16.7 Å². The molecule has 0 saturated carbocycles. The number of anilines is 1. The number of hydrogen-bond acceptors (Lipinski definition) is 3. The van der Waals surface area contributed by atoms with E-state index in [-0.39, 0.29) is 11.7 Å². The van der Waals surface area contributed by atoms with Crippen molar-refractivity contribution in [2.24, 2.45) is 0 Å². The molecule has 0 bridgehead atoms. The normalized spacial score (nSPS) is 10.6. The number of benzene rings is 1. The molecule has 1 aromatic carbocycles. The first-order valence-electron chi connectivity index (χ1n) is 4.81. The molecule has 0 spiro atoms. The summed E-state index contributed by atoms with van der Waals surface area (Å²) in [6.45, 7) is 0. The highest BCUT2D eigenvalue weighted by molar-refractivity contribution is 6.31. The summed E-state index contributed by atoms with van der Waals surface area (Å²) in [4.78, 5) is 0. The summed E-state index contributed by atoms with van der Waals surface area (Å²) in [5.74, 6) is -0.0430. The number of aryl methyl sites for hydroxylation is 1. The zero-order chi connectivity index (χ0) is 11.5. The molecule has 0 aliphatic heterocycles. The summed E-state index contributed by atoms with van der Waals surface area (Å²) in [7, 11) is 0. The van der Waals surface area contributed by atoms with Crippen LogP contribution < -0.4 is 5.73 Å². The first-order chi connectivity index (χ1) is 7.66. The third-order valence-electron chi connectivity index (χ3n) is 2.27. The molecular formula is C11H10ClFN2O. The molecule has 0 fully saturated rings. The smallest absolute Gasteiger partial charge is 0.222 e. The van der Waals surface area contributed by atoms with Crippen molar-refractivity contribution in [3.05, 3.63) is 46.4 Å². The van der Waals surface area contributed by atoms with Crippen molar-refractivity contribution >= 4 is 17.5 Å². The standard InChI is InChI=1S/C11H10ClFN2O/c12-9-2-1-3-10(13)8(9)5-4-7-6-11(14)16-15-7/h1-3,6H,4-5,14H2. The Hall–Kier alpha value is -1.55. The maximum atomic E-state index is 13.4. The van der Waals surface area contributed by atoms with Gasteiger partial charge in [-0.2, -0.15) is 0 Å². The Morgan fingerprint density at radius 1 is 1.38 bits per heavy atom. The molecular weight excluding hydrogens is 231 g/mol. The van der Waals surface area contributed by atoms with Crippen LogP contribution in [0.15, 0.2) is 28.8 Å². The van der Waals surface area contributed by atoms with Gasteiger partial charge in [0.1, 0.15) is 5.82 Å². The third kappa shape index (κ3) is 2.33. The third-order valence-corrected chi connectivity index (χ3v) is 2.62. The monoisotopic (exact) mass is 240 g/mol. The summed E-state index contributed by atoms with van der Waals surface area (Å²) in [5.41, 5.74) is 6.56. The Balaban J connectivity index is 2.10. The molecule has 2 N–H and O–H groups in total. The van der Waals surface area contributed by atoms with Gasteiger partial charge in [0.25, 0.3) is 0 Å². The highest BCUT2D eigenvalue weighted by Gasteiger charge is 2.08. The molecule has 1 aromatic heterocycles. The fourth-order valence-corrected chi connectivity index (χ4v) is 1.73. The average molecular weight is 241 g/mol. The molecule has 0 amide bonds. The second-order valence-corrected chi connectivity index (χ2v) is 3.83. The van der Waals surface area contributed by atoms with Gasteiger partial charge in [-0.3, -0.25) is 0 Å². The lowest BCUT2D eigenvalue weighted by atomic mass is 10.1. The van der Waals surface area contributed by atoms with Crippen LogP contribution in [0.5, 0.6) is 0 Å². The Kier molecular flexibility index (Phi) is 3.10. The van der Waals surface area contributed by atoms with Gasteiger partial charge < -0.3 is 10.3 Å². The molecule has 0 unspecified atom stereocenters. The summed E-state index contributed by atoms with van der Waals surface area (Å²) >= 11 is 5.89. The molecule has 0 saturated heterocycles. The van der Waals surface area contributed by atoms with Crippen LogP contribution >= 0.6 is 11.6 Å². The highest BCUT2D eigenvalue weighted by atomic mass is 35.5. The van der Waals surface area contributed by atoms with Gasteiger partial charge in [0.2, 0.25) is 5.88 Å². The predicted octanol–water partition coefficient (Wildman–Crippen LogP) is 2.83. The fraction of sp³-hybridized carbons (Fsp3) is 0.182. The Morgan fingerprint density at radius 3 is 2.81 bits per heavy atom. The Morgan fingerprint density at radius 2 is 2.19 bits per heavy atom. The van der Waals surface area contributed by atoms with Crippen LogP contribution in [-0.2, 0) is 12.8 Å². The largest absolute Gasteiger partial charge is 0.368 e. The van der Waals surface area contributed by atoms with Crippen LogP contribution in [0.4, 0.5) is 10.3 Å². The minimum absolute atomic E-state index is 0.259. The maximum Gasteiger partial charge on any atom is 0.222 e. The van der Waals surface area contributed by atoms with Gasteiger partial charge in [-0.05, 0) is 25.0 Å². The van der Waals surface area contributed by atoms with Crippen molar-refractivity contribution in [1.29, 1.82) is 0 Å². The zero-order valence-corrected chi connectivity index (χ0v) is 9.17. The summed E-state index contributed by atoms with van der Waals surface area (Å²) in [6, 6.07) is 6.25. The molecule has 84 valence electrons. The lowest BCUT2D eigenvalue weighted by Crippen LogP contribution is -1.96. The lowest BCUT2D eigenvalue weighted by Gasteiger charge is -2.03. The van der Waals surface area contributed by atoms with Gasteiger partial charge >= 0.3 is 0 Å². The van der Waals surface area contributed by atoms with Crippen molar-refractivity contribution in [2.75, 3.05) is 5.73 Å². The van der Waals surface area contributed by atoms with Gasteiger partial charge in [0.15, 0.2) is 0 Å². The van der Waals surface area contributed by atoms with Crippen molar-refractivity contribution in [3.8, 4) is 0 Å². The van der Waals surface area contributed by atoms with E-state index in [1.165, 1.54) is 6.07 Å². The van der Waals surface area contributed by atoms with E-state index < -0.39 is 0 Å². The van der Waals surface area contributed by atoms with E-state index in [2.05, 4.69) is 5.16 Å². The number of nitrogens with two attached hydrogens (primary N) is 1. The van der Waals surface area contributed by atoms with Crippen LogP contribution in [0, 0.1) is 5.82 Å². The first kappa shape index (κ1) is 11.0. The molecule has 2 aromatic rings. The minimum Gasteiger partial charge on any atom is -0.368 e. The number of nitrogen functional groups attached to an aromatic ring is 1. The molecule has 2 rings (SSSR count). The molecule has 1 heterocycles. The van der Waals surface area contributed by atoms with Crippen molar-refractivity contribution in [2.45, 2.75) is 12.8 Å². The minimum atomic E-state index is -0.302. The van der Waals surface area contributed by atoms with E-state index >= 15 is 0 Å². The number of aromatic nitrogens is 1. The van der Waals surface area contributed by atoms with E-state index in [0.29, 0.717) is 29.1 Å². The second kappa shape index (κ2) is 4.53. The van der Waals surface area contributed by atoms with E-state index in [1.807, 2.05) is 0 Å². The number of halogens is 2. The molecule has 0 radical (unpaired) electrons. The maximum absolute atomic E-state index is 13.4. The fourth-order valence-electron chi connectivity index (χ4n) is 1.47. The first-order valence-corrected chi connectivity index (χ1v) is 5.18. The predicted molar refractivity (Wildman–Crippen MR) is 59.7 cm³/mol. The van der Waals surface area contributed by atoms with Gasteiger partial charge in [-0.15, -0.1) is 0 Å². The zero-order valence-electron chi connectivity index (χ0n) is 8.41. The topological polar surface area (TPSA) is 52.0 Å². The lowest BCUT2D eigenvalue weighted by molar-refractivity contribution is 0.427. The van der Waals surface area contributed by atoms with Crippen LogP contribution in [-0.4, -0.2) is 5.16 Å². The van der Waals surface area contributed by atoms with Crippen LogP contribution in [0.3, 0.4) is 0 Å². The quantitative estimate of drug-likeness (QED) is 0.898. The molecule has 0 aliphatic rings. The van der Waals surface area contributed by atoms with Gasteiger partial charge in [-0.25, -0.2) is 4.39 Å². The highest BCUT2D eigenvalue weighted by Crippen LogP contribution is 2.20. The summed E-state index contributed by atoms with van der Waals surface area (Å²) in [6.07, 6.45) is 1.01. The Bertz CT molecular complexity index is 478. The van der Waals surface area contributed by atoms with Crippen LogP contribution in [0.2, 0.25) is 5.02 Å². The van der Waals surface area contributed by atoms with Crippen molar-refractivity contribution < 1.29 is 8.91 Å². The summed E-state index contributed by atoms with van der Waals surface area (Å²) in [5, 5.41) is 4.15.